The number of ether oxygens (including phenoxy) is 1. The van der Waals surface area contributed by atoms with Crippen molar-refractivity contribution in [2.75, 3.05) is 40.3 Å². The van der Waals surface area contributed by atoms with Crippen LogP contribution in [-0.4, -0.2) is 62.3 Å². The van der Waals surface area contributed by atoms with Crippen LogP contribution >= 0.6 is 0 Å². The van der Waals surface area contributed by atoms with Crippen LogP contribution in [0.3, 0.4) is 0 Å². The van der Waals surface area contributed by atoms with Crippen LogP contribution in [0.15, 0.2) is 30.3 Å². The molecule has 2 fully saturated rings. The second-order valence-electron chi connectivity index (χ2n) is 7.52. The van der Waals surface area contributed by atoms with Gasteiger partial charge in [0.05, 0.1) is 12.1 Å². The molecule has 2 heterocycles. The van der Waals surface area contributed by atoms with Gasteiger partial charge in [0, 0.05) is 20.2 Å². The van der Waals surface area contributed by atoms with Crippen molar-refractivity contribution >= 4 is 6.03 Å². The van der Waals surface area contributed by atoms with Gasteiger partial charge in [-0.15, -0.1) is 0 Å². The van der Waals surface area contributed by atoms with Gasteiger partial charge in [-0.25, -0.2) is 4.79 Å². The summed E-state index contributed by atoms with van der Waals surface area (Å²) in [4.78, 5) is 17.0. The quantitative estimate of drug-likeness (QED) is 0.892. The zero-order chi connectivity index (χ0) is 17.6. The Bertz CT molecular complexity index is 537. The molecule has 0 aliphatic carbocycles. The lowest BCUT2D eigenvalue weighted by Crippen LogP contribution is -2.45. The molecule has 2 aliphatic rings. The van der Waals surface area contributed by atoms with Crippen LogP contribution in [0.4, 0.5) is 4.79 Å². The number of rotatable bonds is 5. The van der Waals surface area contributed by atoms with E-state index in [1.54, 1.807) is 0 Å². The first-order valence-corrected chi connectivity index (χ1v) is 9.50. The van der Waals surface area contributed by atoms with E-state index in [1.807, 2.05) is 30.1 Å². The topological polar surface area (TPSA) is 44.8 Å². The summed E-state index contributed by atoms with van der Waals surface area (Å²) in [7, 11) is 4.07. The molecule has 0 saturated carbocycles. The molecule has 0 radical (unpaired) electrons. The lowest BCUT2D eigenvalue weighted by Gasteiger charge is -2.33. The van der Waals surface area contributed by atoms with Crippen molar-refractivity contribution in [2.24, 2.45) is 5.92 Å². The first kappa shape index (κ1) is 18.2. The number of piperidine rings is 1. The van der Waals surface area contributed by atoms with Crippen molar-refractivity contribution in [3.8, 4) is 0 Å². The largest absolute Gasteiger partial charge is 0.376 e. The zero-order valence-electron chi connectivity index (χ0n) is 15.5. The fraction of sp³-hybridized carbons (Fsp3) is 0.650. The van der Waals surface area contributed by atoms with Gasteiger partial charge < -0.3 is 19.9 Å². The number of nitrogens with zero attached hydrogens (tertiary/aromatic N) is 2. The van der Waals surface area contributed by atoms with Crippen molar-refractivity contribution < 1.29 is 9.53 Å². The van der Waals surface area contributed by atoms with Crippen LogP contribution < -0.4 is 5.32 Å². The molecule has 0 spiro atoms. The van der Waals surface area contributed by atoms with Crippen molar-refractivity contribution in [1.29, 1.82) is 0 Å². The minimum atomic E-state index is -0.0730. The molecular formula is C20H31N3O2. The molecule has 2 atom stereocenters. The molecule has 1 N–H and O–H groups in total. The van der Waals surface area contributed by atoms with E-state index in [0.717, 1.165) is 44.6 Å². The van der Waals surface area contributed by atoms with E-state index in [4.69, 9.17) is 4.74 Å². The fourth-order valence-electron chi connectivity index (χ4n) is 3.87. The van der Waals surface area contributed by atoms with Crippen LogP contribution in [0, 0.1) is 5.92 Å². The Morgan fingerprint density at radius 2 is 2.00 bits per heavy atom. The first-order chi connectivity index (χ1) is 12.1. The maximum Gasteiger partial charge on any atom is 0.317 e. The number of hydrogen-bond acceptors (Lipinski definition) is 3. The summed E-state index contributed by atoms with van der Waals surface area (Å²) >= 11 is 0. The number of likely N-dealkylation sites (tertiary alicyclic amines) is 1. The van der Waals surface area contributed by atoms with Crippen LogP contribution in [-0.2, 0) is 4.74 Å². The van der Waals surface area contributed by atoms with Gasteiger partial charge in [-0.05, 0) is 57.3 Å². The highest BCUT2D eigenvalue weighted by Gasteiger charge is 2.30. The average Bonchev–Trinajstić information content (AvgIpc) is 3.16. The molecule has 25 heavy (non-hydrogen) atoms. The third kappa shape index (κ3) is 4.95. The van der Waals surface area contributed by atoms with Gasteiger partial charge in [-0.1, -0.05) is 30.3 Å². The Hall–Kier alpha value is -1.59. The third-order valence-corrected chi connectivity index (χ3v) is 5.49. The maximum atomic E-state index is 12.8. The molecule has 0 unspecified atom stereocenters. The Morgan fingerprint density at radius 1 is 1.28 bits per heavy atom. The molecule has 0 bridgehead atoms. The zero-order valence-corrected chi connectivity index (χ0v) is 15.5. The van der Waals surface area contributed by atoms with E-state index >= 15 is 0 Å². The second kappa shape index (κ2) is 8.68. The number of hydrogen-bond donors (Lipinski definition) is 1. The minimum absolute atomic E-state index is 0.00304. The number of amides is 2. The summed E-state index contributed by atoms with van der Waals surface area (Å²) in [6.45, 7) is 3.87. The molecular weight excluding hydrogens is 314 g/mol. The summed E-state index contributed by atoms with van der Waals surface area (Å²) in [5, 5.41) is 3.22. The van der Waals surface area contributed by atoms with Crippen LogP contribution in [0.5, 0.6) is 0 Å². The van der Waals surface area contributed by atoms with Crippen molar-refractivity contribution in [2.45, 2.75) is 37.8 Å². The van der Waals surface area contributed by atoms with Gasteiger partial charge >= 0.3 is 6.03 Å². The smallest absolute Gasteiger partial charge is 0.317 e. The summed E-state index contributed by atoms with van der Waals surface area (Å²) in [5.41, 5.74) is 1.12. The van der Waals surface area contributed by atoms with Gasteiger partial charge in [0.15, 0.2) is 0 Å². The number of benzene rings is 1. The maximum absolute atomic E-state index is 12.8. The Kier molecular flexibility index (Phi) is 6.32. The Labute approximate surface area is 151 Å². The molecule has 5 heteroatoms. The normalized spacial score (nSPS) is 23.4. The van der Waals surface area contributed by atoms with Gasteiger partial charge in [0.1, 0.15) is 0 Å². The highest BCUT2D eigenvalue weighted by atomic mass is 16.5. The first-order valence-electron chi connectivity index (χ1n) is 9.50. The van der Waals surface area contributed by atoms with Gasteiger partial charge in [0.2, 0.25) is 0 Å². The molecule has 2 saturated heterocycles. The summed E-state index contributed by atoms with van der Waals surface area (Å²) in [5.74, 6) is 0.602. The van der Waals surface area contributed by atoms with E-state index < -0.39 is 0 Å². The van der Waals surface area contributed by atoms with Gasteiger partial charge in [-0.3, -0.25) is 0 Å². The van der Waals surface area contributed by atoms with Crippen molar-refractivity contribution in [1.82, 2.24) is 15.1 Å². The predicted molar refractivity (Wildman–Crippen MR) is 99.5 cm³/mol. The fourth-order valence-corrected chi connectivity index (χ4v) is 3.87. The molecule has 2 amide bonds. The van der Waals surface area contributed by atoms with Gasteiger partial charge in [-0.2, -0.15) is 0 Å². The molecule has 2 aliphatic heterocycles. The Balaban J connectivity index is 1.59. The molecule has 0 aromatic heterocycles. The summed E-state index contributed by atoms with van der Waals surface area (Å²) < 4.78 is 5.87. The average molecular weight is 345 g/mol. The number of carbonyl (C=O) groups excluding carboxylic acids is 1. The van der Waals surface area contributed by atoms with Crippen LogP contribution in [0.25, 0.3) is 0 Å². The van der Waals surface area contributed by atoms with E-state index in [1.165, 1.54) is 12.8 Å². The van der Waals surface area contributed by atoms with Crippen molar-refractivity contribution in [3.05, 3.63) is 35.9 Å². The molecule has 5 nitrogen and oxygen atoms in total. The van der Waals surface area contributed by atoms with Crippen LogP contribution in [0.2, 0.25) is 0 Å². The summed E-state index contributed by atoms with van der Waals surface area (Å²) in [6, 6.07) is 10.1. The monoisotopic (exact) mass is 345 g/mol. The SMILES string of the molecule is CN1CCC(CN(C)C(=O)N[C@@H](c2ccccc2)[C@H]2CCCO2)CC1. The lowest BCUT2D eigenvalue weighted by molar-refractivity contribution is 0.0778. The minimum Gasteiger partial charge on any atom is -0.376 e. The number of nitrogens with one attached hydrogen (secondary N) is 1. The number of carbonyl (C=O) groups is 1. The highest BCUT2D eigenvalue weighted by Crippen LogP contribution is 2.27. The van der Waals surface area contributed by atoms with Crippen molar-refractivity contribution in [3.63, 3.8) is 0 Å². The lowest BCUT2D eigenvalue weighted by atomic mass is 9.96. The highest BCUT2D eigenvalue weighted by molar-refractivity contribution is 5.74. The molecule has 3 rings (SSSR count). The standard InChI is InChI=1S/C20H31N3O2/c1-22-12-10-16(11-13-22)15-23(2)20(24)21-19(18-9-6-14-25-18)17-7-4-3-5-8-17/h3-5,7-8,16,18-19H,6,9-15H2,1-2H3,(H,21,24)/t18-,19+/m1/s1. The number of urea groups is 1. The van der Waals surface area contributed by atoms with E-state index in [9.17, 15) is 4.79 Å². The Morgan fingerprint density at radius 3 is 2.64 bits per heavy atom. The van der Waals surface area contributed by atoms with E-state index in [0.29, 0.717) is 5.92 Å². The predicted octanol–water partition coefficient (Wildman–Crippen LogP) is 2.89. The summed E-state index contributed by atoms with van der Waals surface area (Å²) in [6.07, 6.45) is 4.47. The molecule has 138 valence electrons. The van der Waals surface area contributed by atoms with Crippen LogP contribution in [0.1, 0.15) is 37.3 Å². The van der Waals surface area contributed by atoms with E-state index in [-0.39, 0.29) is 18.2 Å². The van der Waals surface area contributed by atoms with E-state index in [2.05, 4.69) is 29.4 Å². The molecule has 1 aromatic rings. The third-order valence-electron chi connectivity index (χ3n) is 5.49. The second-order valence-corrected chi connectivity index (χ2v) is 7.52. The van der Waals surface area contributed by atoms with Gasteiger partial charge in [0.25, 0.3) is 0 Å². The molecule has 1 aromatic carbocycles.